The van der Waals surface area contributed by atoms with Crippen molar-refractivity contribution in [3.8, 4) is 11.1 Å². The Hall–Kier alpha value is -2.68. The number of anilines is 1. The predicted molar refractivity (Wildman–Crippen MR) is 83.2 cm³/mol. The lowest BCUT2D eigenvalue weighted by atomic mass is 9.94. The number of H-pyrrole nitrogens is 1. The molecule has 0 saturated heterocycles. The maximum absolute atomic E-state index is 13.6. The first-order valence-electron chi connectivity index (χ1n) is 6.13. The van der Waals surface area contributed by atoms with Gasteiger partial charge >= 0.3 is 11.9 Å². The minimum Gasteiger partial charge on any atom is -0.478 e. The summed E-state index contributed by atoms with van der Waals surface area (Å²) in [7, 11) is 0. The van der Waals surface area contributed by atoms with Crippen LogP contribution in [-0.4, -0.2) is 27.1 Å². The molecule has 0 aliphatic rings. The summed E-state index contributed by atoms with van der Waals surface area (Å²) >= 11 is 3.05. The summed E-state index contributed by atoms with van der Waals surface area (Å²) in [6, 6.07) is 2.30. The van der Waals surface area contributed by atoms with Gasteiger partial charge in [0, 0.05) is 10.0 Å². The van der Waals surface area contributed by atoms with Crippen molar-refractivity contribution in [2.45, 2.75) is 6.92 Å². The molecule has 5 N–H and O–H groups in total. The van der Waals surface area contributed by atoms with Gasteiger partial charge in [-0.15, -0.1) is 0 Å². The number of aryl methyl sites for hydroxylation is 1. The van der Waals surface area contributed by atoms with Crippen molar-refractivity contribution >= 4 is 33.7 Å². The third-order valence-corrected chi connectivity index (χ3v) is 3.85. The second kappa shape index (κ2) is 5.84. The molecule has 0 unspecified atom stereocenters. The van der Waals surface area contributed by atoms with Crippen LogP contribution < -0.4 is 11.3 Å². The molecule has 0 aliphatic heterocycles. The van der Waals surface area contributed by atoms with Crippen LogP contribution in [0.25, 0.3) is 11.1 Å². The molecule has 1 aromatic carbocycles. The zero-order valence-corrected chi connectivity index (χ0v) is 13.2. The zero-order valence-electron chi connectivity index (χ0n) is 11.6. The van der Waals surface area contributed by atoms with E-state index < -0.39 is 40.3 Å². The van der Waals surface area contributed by atoms with Crippen LogP contribution in [0.1, 0.15) is 26.3 Å². The molecule has 120 valence electrons. The average Bonchev–Trinajstić information content (AvgIpc) is 2.40. The quantitative estimate of drug-likeness (QED) is 0.640. The third-order valence-electron chi connectivity index (χ3n) is 3.19. The molecule has 2 rings (SSSR count). The molecule has 0 bridgehead atoms. The lowest BCUT2D eigenvalue weighted by molar-refractivity contribution is 0.0695. The van der Waals surface area contributed by atoms with E-state index >= 15 is 0 Å². The Morgan fingerprint density at radius 1 is 1.22 bits per heavy atom. The van der Waals surface area contributed by atoms with E-state index in [4.69, 9.17) is 5.73 Å². The number of carbonyl (C=O) groups is 2. The van der Waals surface area contributed by atoms with Crippen LogP contribution >= 0.6 is 15.9 Å². The highest BCUT2D eigenvalue weighted by atomic mass is 79.9. The van der Waals surface area contributed by atoms with Gasteiger partial charge in [-0.3, -0.25) is 4.79 Å². The molecular weight excluding hydrogens is 375 g/mol. The minimum atomic E-state index is -1.63. The van der Waals surface area contributed by atoms with Gasteiger partial charge in [0.15, 0.2) is 0 Å². The fourth-order valence-corrected chi connectivity index (χ4v) is 2.68. The molecule has 2 aromatic rings. The molecule has 1 aromatic heterocycles. The highest BCUT2D eigenvalue weighted by Gasteiger charge is 2.28. The van der Waals surface area contributed by atoms with Crippen molar-refractivity contribution in [2.24, 2.45) is 0 Å². The standard InChI is InChI=1S/C14H10BrFN2O5/c1-4-2-5(6(15)3-7(4)16)8-9(13(20)21)11(17)18-12(19)10(8)14(22)23/h2-3H,1H3,(H,20,21)(H,22,23)(H3,17,18,19). The predicted octanol–water partition coefficient (Wildman–Crippen LogP) is 2.23. The smallest absolute Gasteiger partial charge is 0.342 e. The van der Waals surface area contributed by atoms with Gasteiger partial charge in [-0.25, -0.2) is 14.0 Å². The molecular formula is C14H10BrFN2O5. The number of pyridine rings is 1. The van der Waals surface area contributed by atoms with Crippen molar-refractivity contribution in [1.82, 2.24) is 4.98 Å². The number of rotatable bonds is 3. The lowest BCUT2D eigenvalue weighted by Gasteiger charge is -2.14. The number of benzene rings is 1. The number of aromatic nitrogens is 1. The number of halogens is 2. The van der Waals surface area contributed by atoms with Crippen molar-refractivity contribution in [2.75, 3.05) is 5.73 Å². The molecule has 0 atom stereocenters. The molecule has 9 heteroatoms. The van der Waals surface area contributed by atoms with E-state index in [1.165, 1.54) is 13.0 Å². The van der Waals surface area contributed by atoms with Gasteiger partial charge < -0.3 is 20.9 Å². The van der Waals surface area contributed by atoms with E-state index in [1.807, 2.05) is 4.98 Å². The normalized spacial score (nSPS) is 10.6. The molecule has 0 amide bonds. The highest BCUT2D eigenvalue weighted by Crippen LogP contribution is 2.35. The summed E-state index contributed by atoms with van der Waals surface area (Å²) in [6.45, 7) is 1.42. The van der Waals surface area contributed by atoms with E-state index in [0.29, 0.717) is 0 Å². The fourth-order valence-electron chi connectivity index (χ4n) is 2.16. The van der Waals surface area contributed by atoms with Gasteiger partial charge in [0.2, 0.25) is 0 Å². The Morgan fingerprint density at radius 3 is 2.30 bits per heavy atom. The molecule has 0 fully saturated rings. The Morgan fingerprint density at radius 2 is 1.78 bits per heavy atom. The molecule has 1 heterocycles. The molecule has 0 radical (unpaired) electrons. The van der Waals surface area contributed by atoms with Crippen molar-refractivity contribution in [3.63, 3.8) is 0 Å². The van der Waals surface area contributed by atoms with E-state index in [1.54, 1.807) is 0 Å². The Labute approximate surface area is 136 Å². The summed E-state index contributed by atoms with van der Waals surface area (Å²) in [5, 5.41) is 18.6. The zero-order chi connectivity index (χ0) is 17.5. The summed E-state index contributed by atoms with van der Waals surface area (Å²) in [5.41, 5.74) is 2.91. The van der Waals surface area contributed by atoms with E-state index in [-0.39, 0.29) is 21.2 Å². The van der Waals surface area contributed by atoms with Gasteiger partial charge in [-0.2, -0.15) is 0 Å². The number of nitrogens with two attached hydrogens (primary N) is 1. The van der Waals surface area contributed by atoms with Gasteiger partial charge in [-0.05, 0) is 30.2 Å². The number of carboxylic acids is 2. The summed E-state index contributed by atoms with van der Waals surface area (Å²) < 4.78 is 13.7. The SMILES string of the molecule is Cc1cc(-c2c(C(=O)O)c(N)[nH]c(=O)c2C(=O)O)c(Br)cc1F. The topological polar surface area (TPSA) is 133 Å². The van der Waals surface area contributed by atoms with Crippen LogP contribution in [0.3, 0.4) is 0 Å². The highest BCUT2D eigenvalue weighted by molar-refractivity contribution is 9.10. The number of hydrogen-bond acceptors (Lipinski definition) is 4. The van der Waals surface area contributed by atoms with Gasteiger partial charge in [0.25, 0.3) is 5.56 Å². The molecule has 23 heavy (non-hydrogen) atoms. The van der Waals surface area contributed by atoms with Crippen LogP contribution in [0.5, 0.6) is 0 Å². The van der Waals surface area contributed by atoms with E-state index in [9.17, 15) is 29.0 Å². The van der Waals surface area contributed by atoms with Crippen molar-refractivity contribution in [1.29, 1.82) is 0 Å². The van der Waals surface area contributed by atoms with Crippen LogP contribution in [0.4, 0.5) is 10.2 Å². The number of hydrogen-bond donors (Lipinski definition) is 4. The van der Waals surface area contributed by atoms with Gasteiger partial charge in [0.1, 0.15) is 22.8 Å². The van der Waals surface area contributed by atoms with Crippen LogP contribution in [0.15, 0.2) is 21.4 Å². The number of aromatic carboxylic acids is 2. The van der Waals surface area contributed by atoms with Gasteiger partial charge in [0.05, 0.1) is 0 Å². The first-order chi connectivity index (χ1) is 10.6. The maximum Gasteiger partial charge on any atom is 0.342 e. The first-order valence-corrected chi connectivity index (χ1v) is 6.92. The summed E-state index contributed by atoms with van der Waals surface area (Å²) in [6.07, 6.45) is 0. The Balaban J connectivity index is 3.06. The minimum absolute atomic E-state index is 0.0384. The van der Waals surface area contributed by atoms with Crippen LogP contribution in [-0.2, 0) is 0 Å². The van der Waals surface area contributed by atoms with E-state index in [0.717, 1.165) is 6.07 Å². The second-order valence-corrected chi connectivity index (χ2v) is 5.54. The summed E-state index contributed by atoms with van der Waals surface area (Å²) in [5.74, 6) is -4.22. The van der Waals surface area contributed by atoms with Crippen LogP contribution in [0.2, 0.25) is 0 Å². The Kier molecular flexibility index (Phi) is 4.24. The monoisotopic (exact) mass is 384 g/mol. The number of nitrogens with one attached hydrogen (secondary N) is 1. The molecule has 0 spiro atoms. The maximum atomic E-state index is 13.6. The Bertz CT molecular complexity index is 907. The molecule has 0 saturated carbocycles. The van der Waals surface area contributed by atoms with Crippen molar-refractivity contribution < 1.29 is 24.2 Å². The fraction of sp³-hybridized carbons (Fsp3) is 0.0714. The summed E-state index contributed by atoms with van der Waals surface area (Å²) in [4.78, 5) is 36.8. The van der Waals surface area contributed by atoms with Crippen LogP contribution in [0, 0.1) is 12.7 Å². The largest absolute Gasteiger partial charge is 0.478 e. The number of nitrogen functional groups attached to an aromatic ring is 1. The second-order valence-electron chi connectivity index (χ2n) is 4.68. The lowest BCUT2D eigenvalue weighted by Crippen LogP contribution is -2.24. The number of aromatic amines is 1. The van der Waals surface area contributed by atoms with Crippen molar-refractivity contribution in [3.05, 3.63) is 49.5 Å². The van der Waals surface area contributed by atoms with E-state index in [2.05, 4.69) is 15.9 Å². The first kappa shape index (κ1) is 16.7. The third kappa shape index (κ3) is 2.82. The van der Waals surface area contributed by atoms with Gasteiger partial charge in [-0.1, -0.05) is 15.9 Å². The molecule has 7 nitrogen and oxygen atoms in total. The average molecular weight is 385 g/mol. The molecule has 0 aliphatic carbocycles. The number of carboxylic acid groups (broad SMARTS) is 2.